The van der Waals surface area contributed by atoms with Crippen molar-refractivity contribution in [3.05, 3.63) is 0 Å². The lowest BCUT2D eigenvalue weighted by molar-refractivity contribution is 0.243. The van der Waals surface area contributed by atoms with Crippen molar-refractivity contribution >= 4 is 18.4 Å². The molecule has 44 valence electrons. The SMILES string of the molecule is CNC(=O)NN.Cl. The van der Waals surface area contributed by atoms with Gasteiger partial charge in [-0.1, -0.05) is 0 Å². The molecule has 0 saturated heterocycles. The first-order valence-electron chi connectivity index (χ1n) is 1.49. The van der Waals surface area contributed by atoms with Gasteiger partial charge in [0.05, 0.1) is 0 Å². The van der Waals surface area contributed by atoms with Crippen molar-refractivity contribution < 1.29 is 4.79 Å². The van der Waals surface area contributed by atoms with Crippen LogP contribution in [0, 0.1) is 0 Å². The van der Waals surface area contributed by atoms with E-state index >= 15 is 0 Å². The van der Waals surface area contributed by atoms with Crippen molar-refractivity contribution in [2.75, 3.05) is 7.05 Å². The predicted molar refractivity (Wildman–Crippen MR) is 29.0 cm³/mol. The number of urea groups is 1. The molecular formula is C2H8ClN3O. The highest BCUT2D eigenvalue weighted by Gasteiger charge is 1.82. The number of hydrogen-bond donors (Lipinski definition) is 3. The monoisotopic (exact) mass is 125 g/mol. The van der Waals surface area contributed by atoms with Gasteiger partial charge >= 0.3 is 6.03 Å². The van der Waals surface area contributed by atoms with Crippen LogP contribution in [0.15, 0.2) is 0 Å². The normalized spacial score (nSPS) is 6.00. The molecule has 0 aliphatic carbocycles. The zero-order valence-corrected chi connectivity index (χ0v) is 4.71. The molecule has 0 radical (unpaired) electrons. The quantitative estimate of drug-likeness (QED) is 0.226. The van der Waals surface area contributed by atoms with E-state index in [-0.39, 0.29) is 18.4 Å². The standard InChI is InChI=1S/C2H7N3O.ClH/c1-4-2(6)5-3;/h3H2,1H3,(H2,4,5,6);1H. The predicted octanol–water partition coefficient (Wildman–Crippen LogP) is -0.789. The van der Waals surface area contributed by atoms with E-state index in [0.29, 0.717) is 0 Å². The van der Waals surface area contributed by atoms with Gasteiger partial charge in [-0.25, -0.2) is 10.6 Å². The fraction of sp³-hybridized carbons (Fsp3) is 0.500. The van der Waals surface area contributed by atoms with Crippen molar-refractivity contribution in [1.82, 2.24) is 10.7 Å². The Labute approximate surface area is 47.8 Å². The van der Waals surface area contributed by atoms with E-state index in [2.05, 4.69) is 11.2 Å². The largest absolute Gasteiger partial charge is 0.340 e. The second-order valence-electron chi connectivity index (χ2n) is 0.723. The van der Waals surface area contributed by atoms with Gasteiger partial charge in [0, 0.05) is 7.05 Å². The zero-order valence-electron chi connectivity index (χ0n) is 3.89. The second kappa shape index (κ2) is 5.52. The Hall–Kier alpha value is -0.480. The summed E-state index contributed by atoms with van der Waals surface area (Å²) >= 11 is 0. The summed E-state index contributed by atoms with van der Waals surface area (Å²) in [4.78, 5) is 9.83. The molecule has 7 heavy (non-hydrogen) atoms. The molecule has 0 unspecified atom stereocenters. The average Bonchev–Trinajstić information content (AvgIpc) is 1.65. The lowest BCUT2D eigenvalue weighted by atomic mass is 11.0. The lowest BCUT2D eigenvalue weighted by Crippen LogP contribution is -2.37. The molecule has 4 nitrogen and oxygen atoms in total. The number of hydrazine groups is 1. The summed E-state index contributed by atoms with van der Waals surface area (Å²) < 4.78 is 0. The summed E-state index contributed by atoms with van der Waals surface area (Å²) in [5.41, 5.74) is 1.86. The van der Waals surface area contributed by atoms with E-state index in [4.69, 9.17) is 0 Å². The Balaban J connectivity index is 0. The van der Waals surface area contributed by atoms with Crippen molar-refractivity contribution in [3.8, 4) is 0 Å². The molecule has 0 spiro atoms. The van der Waals surface area contributed by atoms with Crippen LogP contribution >= 0.6 is 12.4 Å². The maximum atomic E-state index is 9.83. The van der Waals surface area contributed by atoms with Crippen molar-refractivity contribution in [2.45, 2.75) is 0 Å². The Kier molecular flexibility index (Phi) is 7.67. The highest BCUT2D eigenvalue weighted by Crippen LogP contribution is 1.45. The molecule has 0 bridgehead atoms. The highest BCUT2D eigenvalue weighted by atomic mass is 35.5. The van der Waals surface area contributed by atoms with Gasteiger partial charge in [-0.05, 0) is 0 Å². The second-order valence-corrected chi connectivity index (χ2v) is 0.723. The molecule has 5 heteroatoms. The van der Waals surface area contributed by atoms with E-state index in [1.54, 1.807) is 0 Å². The number of rotatable bonds is 0. The number of amides is 2. The number of carbonyl (C=O) groups is 1. The maximum absolute atomic E-state index is 9.83. The molecule has 4 N–H and O–H groups in total. The maximum Gasteiger partial charge on any atom is 0.328 e. The molecule has 0 rings (SSSR count). The van der Waals surface area contributed by atoms with Crippen molar-refractivity contribution in [3.63, 3.8) is 0 Å². The van der Waals surface area contributed by atoms with Crippen LogP contribution in [0.5, 0.6) is 0 Å². The zero-order chi connectivity index (χ0) is 4.99. The molecule has 2 amide bonds. The van der Waals surface area contributed by atoms with E-state index in [1.807, 2.05) is 5.43 Å². The summed E-state index contributed by atoms with van der Waals surface area (Å²) in [7, 11) is 1.49. The Morgan fingerprint density at radius 1 is 1.71 bits per heavy atom. The third kappa shape index (κ3) is 5.52. The fourth-order valence-corrected chi connectivity index (χ4v) is 0.0722. The molecule has 0 saturated carbocycles. The van der Waals surface area contributed by atoms with E-state index < -0.39 is 0 Å². The van der Waals surface area contributed by atoms with Crippen molar-refractivity contribution in [1.29, 1.82) is 0 Å². The Morgan fingerprint density at radius 3 is 2.14 bits per heavy atom. The number of nitrogens with two attached hydrogens (primary N) is 1. The first-order chi connectivity index (χ1) is 2.81. The molecule has 0 atom stereocenters. The molecular weight excluding hydrogens is 117 g/mol. The van der Waals surface area contributed by atoms with E-state index in [9.17, 15) is 4.79 Å². The van der Waals surface area contributed by atoms with E-state index in [0.717, 1.165) is 0 Å². The Morgan fingerprint density at radius 2 is 2.14 bits per heavy atom. The molecule has 0 aliphatic rings. The van der Waals surface area contributed by atoms with Crippen LogP contribution in [-0.4, -0.2) is 13.1 Å². The number of hydrogen-bond acceptors (Lipinski definition) is 2. The van der Waals surface area contributed by atoms with Crippen LogP contribution in [0.2, 0.25) is 0 Å². The van der Waals surface area contributed by atoms with Gasteiger partial charge in [-0.3, -0.25) is 5.43 Å². The van der Waals surface area contributed by atoms with Crippen LogP contribution in [-0.2, 0) is 0 Å². The smallest absolute Gasteiger partial charge is 0.328 e. The van der Waals surface area contributed by atoms with Gasteiger partial charge in [-0.2, -0.15) is 0 Å². The molecule has 0 aromatic rings. The first kappa shape index (κ1) is 9.72. The molecule has 0 aromatic carbocycles. The first-order valence-corrected chi connectivity index (χ1v) is 1.49. The topological polar surface area (TPSA) is 67.2 Å². The summed E-state index contributed by atoms with van der Waals surface area (Å²) in [5, 5.41) is 2.24. The summed E-state index contributed by atoms with van der Waals surface area (Å²) in [6, 6.07) is -0.380. The van der Waals surface area contributed by atoms with Crippen molar-refractivity contribution in [2.24, 2.45) is 5.84 Å². The summed E-state index contributed by atoms with van der Waals surface area (Å²) in [6.07, 6.45) is 0. The van der Waals surface area contributed by atoms with Crippen LogP contribution in [0.25, 0.3) is 0 Å². The third-order valence-electron chi connectivity index (χ3n) is 0.358. The van der Waals surface area contributed by atoms with Crippen LogP contribution in [0.3, 0.4) is 0 Å². The van der Waals surface area contributed by atoms with Crippen LogP contribution in [0.4, 0.5) is 4.79 Å². The van der Waals surface area contributed by atoms with Gasteiger partial charge in [0.1, 0.15) is 0 Å². The number of carbonyl (C=O) groups excluding carboxylic acids is 1. The number of nitrogens with one attached hydrogen (secondary N) is 2. The van der Waals surface area contributed by atoms with Gasteiger partial charge in [0.15, 0.2) is 0 Å². The molecule has 0 aliphatic heterocycles. The number of halogens is 1. The van der Waals surface area contributed by atoms with Gasteiger partial charge < -0.3 is 5.32 Å². The minimum absolute atomic E-state index is 0. The molecule has 0 aromatic heterocycles. The average molecular weight is 126 g/mol. The van der Waals surface area contributed by atoms with Gasteiger partial charge in [0.2, 0.25) is 0 Å². The van der Waals surface area contributed by atoms with Gasteiger partial charge in [0.25, 0.3) is 0 Å². The molecule has 0 heterocycles. The minimum atomic E-state index is -0.380. The molecule has 0 fully saturated rings. The Bertz CT molecular complexity index is 50.9. The third-order valence-corrected chi connectivity index (χ3v) is 0.358. The fourth-order valence-electron chi connectivity index (χ4n) is 0.0722. The lowest BCUT2D eigenvalue weighted by Gasteiger charge is -1.90. The van der Waals surface area contributed by atoms with Crippen LogP contribution < -0.4 is 16.6 Å². The minimum Gasteiger partial charge on any atom is -0.340 e. The highest BCUT2D eigenvalue weighted by molar-refractivity contribution is 5.85. The van der Waals surface area contributed by atoms with Gasteiger partial charge in [-0.15, -0.1) is 12.4 Å². The van der Waals surface area contributed by atoms with E-state index in [1.165, 1.54) is 7.05 Å². The van der Waals surface area contributed by atoms with Crippen LogP contribution in [0.1, 0.15) is 0 Å². The summed E-state index contributed by atoms with van der Waals surface area (Å²) in [6.45, 7) is 0. The summed E-state index contributed by atoms with van der Waals surface area (Å²) in [5.74, 6) is 4.62.